The maximum absolute atomic E-state index is 6.05. The van der Waals surface area contributed by atoms with Crippen LogP contribution >= 0.6 is 57.1 Å². The van der Waals surface area contributed by atoms with Crippen LogP contribution < -0.4 is 0 Å². The lowest BCUT2D eigenvalue weighted by atomic mass is 10.3. The molecule has 0 bridgehead atoms. The van der Waals surface area contributed by atoms with E-state index in [4.69, 9.17) is 23.2 Å². The van der Waals surface area contributed by atoms with E-state index in [1.807, 2.05) is 17.5 Å². The average molecular weight is 329 g/mol. The predicted molar refractivity (Wildman–Crippen MR) is 64.6 cm³/mol. The van der Waals surface area contributed by atoms with Crippen LogP contribution in [0.3, 0.4) is 0 Å². The number of benzene rings is 1. The molecule has 0 unspecified atom stereocenters. The fourth-order valence-electron chi connectivity index (χ4n) is 1.02. The normalized spacial score (nSPS) is 10.9. The van der Waals surface area contributed by atoms with Gasteiger partial charge in [0.2, 0.25) is 0 Å². The van der Waals surface area contributed by atoms with Crippen LogP contribution in [0.5, 0.6) is 0 Å². The molecule has 0 radical (unpaired) electrons. The van der Waals surface area contributed by atoms with Gasteiger partial charge in [0.15, 0.2) is 0 Å². The van der Waals surface area contributed by atoms with E-state index in [1.165, 1.54) is 5.39 Å². The topological polar surface area (TPSA) is 0 Å². The van der Waals surface area contributed by atoms with Gasteiger partial charge in [0.05, 0.1) is 14.7 Å². The Labute approximate surface area is 97.6 Å². The van der Waals surface area contributed by atoms with Crippen molar-refractivity contribution in [1.82, 2.24) is 0 Å². The van der Waals surface area contributed by atoms with Crippen LogP contribution in [0.4, 0.5) is 0 Å². The van der Waals surface area contributed by atoms with Crippen molar-refractivity contribution < 1.29 is 0 Å². The molecule has 0 aliphatic carbocycles. The average Bonchev–Trinajstić information content (AvgIpc) is 2.48. The molecule has 1 heterocycles. The number of hydrogen-bond acceptors (Lipinski definition) is 1. The predicted octanol–water partition coefficient (Wildman–Crippen LogP) is 4.81. The summed E-state index contributed by atoms with van der Waals surface area (Å²) in [7, 11) is 0. The number of thiophene rings is 1. The van der Waals surface area contributed by atoms with Crippen LogP contribution in [-0.4, -0.2) is 0 Å². The van der Waals surface area contributed by atoms with Crippen molar-refractivity contribution >= 4 is 67.2 Å². The fourth-order valence-corrected chi connectivity index (χ4v) is 3.15. The summed E-state index contributed by atoms with van der Waals surface area (Å²) in [6, 6.07) is 4.09. The van der Waals surface area contributed by atoms with Crippen molar-refractivity contribution in [1.29, 1.82) is 0 Å². The Bertz CT molecular complexity index is 436. The van der Waals surface area contributed by atoms with E-state index in [0.717, 1.165) is 8.27 Å². The van der Waals surface area contributed by atoms with E-state index in [2.05, 4.69) is 22.6 Å². The summed E-state index contributed by atoms with van der Waals surface area (Å²) in [5, 5.41) is 4.52. The van der Waals surface area contributed by atoms with Gasteiger partial charge in [-0.3, -0.25) is 0 Å². The third-order valence-corrected chi connectivity index (χ3v) is 4.68. The lowest BCUT2D eigenvalue weighted by Crippen LogP contribution is -1.75. The second kappa shape index (κ2) is 3.33. The van der Waals surface area contributed by atoms with Gasteiger partial charge in [-0.25, -0.2) is 0 Å². The SMILES string of the molecule is Clc1c(I)cc2ccsc2c1Cl. The van der Waals surface area contributed by atoms with Crippen molar-refractivity contribution in [3.63, 3.8) is 0 Å². The van der Waals surface area contributed by atoms with Crippen LogP contribution in [0.25, 0.3) is 10.1 Å². The van der Waals surface area contributed by atoms with Crippen LogP contribution in [0.15, 0.2) is 17.5 Å². The maximum atomic E-state index is 6.05. The van der Waals surface area contributed by atoms with Crippen molar-refractivity contribution in [2.24, 2.45) is 0 Å². The summed E-state index contributed by atoms with van der Waals surface area (Å²) in [6.07, 6.45) is 0. The van der Waals surface area contributed by atoms with E-state index in [-0.39, 0.29) is 0 Å². The van der Waals surface area contributed by atoms with Crippen molar-refractivity contribution in [3.8, 4) is 0 Å². The Morgan fingerprint density at radius 1 is 1.25 bits per heavy atom. The lowest BCUT2D eigenvalue weighted by molar-refractivity contribution is 1.75. The second-order valence-electron chi connectivity index (χ2n) is 2.33. The Balaban J connectivity index is 2.94. The monoisotopic (exact) mass is 328 g/mol. The largest absolute Gasteiger partial charge is 0.142 e. The van der Waals surface area contributed by atoms with E-state index >= 15 is 0 Å². The van der Waals surface area contributed by atoms with Crippen LogP contribution in [0.1, 0.15) is 0 Å². The fraction of sp³-hybridized carbons (Fsp3) is 0. The highest BCUT2D eigenvalue weighted by molar-refractivity contribution is 14.1. The van der Waals surface area contributed by atoms with Crippen molar-refractivity contribution in [3.05, 3.63) is 31.1 Å². The van der Waals surface area contributed by atoms with E-state index in [1.54, 1.807) is 11.3 Å². The second-order valence-corrected chi connectivity index (χ2v) is 5.16. The summed E-state index contributed by atoms with van der Waals surface area (Å²) in [5.41, 5.74) is 0. The summed E-state index contributed by atoms with van der Waals surface area (Å²) < 4.78 is 2.08. The summed E-state index contributed by atoms with van der Waals surface area (Å²) in [4.78, 5) is 0. The molecule has 0 atom stereocenters. The van der Waals surface area contributed by atoms with Crippen LogP contribution in [-0.2, 0) is 0 Å². The van der Waals surface area contributed by atoms with Gasteiger partial charge in [0, 0.05) is 3.57 Å². The van der Waals surface area contributed by atoms with Gasteiger partial charge in [-0.1, -0.05) is 23.2 Å². The van der Waals surface area contributed by atoms with Gasteiger partial charge in [0.25, 0.3) is 0 Å². The molecule has 4 heteroatoms. The Morgan fingerprint density at radius 3 is 2.75 bits per heavy atom. The molecule has 0 aliphatic rings. The maximum Gasteiger partial charge on any atom is 0.0781 e. The summed E-state index contributed by atoms with van der Waals surface area (Å²) >= 11 is 15.8. The zero-order valence-corrected chi connectivity index (χ0v) is 10.3. The Morgan fingerprint density at radius 2 is 2.00 bits per heavy atom. The highest BCUT2D eigenvalue weighted by Crippen LogP contribution is 2.37. The number of fused-ring (bicyclic) bond motifs is 1. The first kappa shape index (κ1) is 9.06. The standard InChI is InChI=1S/C8H3Cl2IS/c9-6-5(11)3-4-1-2-12-8(4)7(6)10/h1-3H. The highest BCUT2D eigenvalue weighted by atomic mass is 127. The molecule has 0 nitrogen and oxygen atoms in total. The van der Waals surface area contributed by atoms with Crippen LogP contribution in [0, 0.1) is 3.57 Å². The quantitative estimate of drug-likeness (QED) is 0.481. The molecule has 0 saturated heterocycles. The first-order valence-corrected chi connectivity index (χ1v) is 5.92. The Kier molecular flexibility index (Phi) is 2.51. The molecule has 0 amide bonds. The number of hydrogen-bond donors (Lipinski definition) is 0. The minimum absolute atomic E-state index is 0.659. The molecule has 1 aromatic carbocycles. The van der Waals surface area contributed by atoms with Gasteiger partial charge in [-0.15, -0.1) is 11.3 Å². The molecule has 12 heavy (non-hydrogen) atoms. The molecular weight excluding hydrogens is 326 g/mol. The molecule has 0 saturated carbocycles. The zero-order chi connectivity index (χ0) is 8.72. The molecule has 0 spiro atoms. The minimum atomic E-state index is 0.659. The van der Waals surface area contributed by atoms with Crippen LogP contribution in [0.2, 0.25) is 10.0 Å². The summed E-state index contributed by atoms with van der Waals surface area (Å²) in [6.45, 7) is 0. The lowest BCUT2D eigenvalue weighted by Gasteiger charge is -1.99. The van der Waals surface area contributed by atoms with Gasteiger partial charge in [-0.05, 0) is 45.5 Å². The van der Waals surface area contributed by atoms with E-state index < -0.39 is 0 Å². The molecule has 62 valence electrons. The van der Waals surface area contributed by atoms with Crippen molar-refractivity contribution in [2.45, 2.75) is 0 Å². The first-order valence-electron chi connectivity index (χ1n) is 3.21. The molecule has 2 aromatic rings. The van der Waals surface area contributed by atoms with Gasteiger partial charge in [0.1, 0.15) is 0 Å². The van der Waals surface area contributed by atoms with Gasteiger partial charge < -0.3 is 0 Å². The molecule has 0 N–H and O–H groups in total. The van der Waals surface area contributed by atoms with E-state index in [0.29, 0.717) is 10.0 Å². The third-order valence-electron chi connectivity index (χ3n) is 1.58. The number of rotatable bonds is 0. The number of halogens is 3. The minimum Gasteiger partial charge on any atom is -0.142 e. The smallest absolute Gasteiger partial charge is 0.0781 e. The van der Waals surface area contributed by atoms with Gasteiger partial charge >= 0.3 is 0 Å². The molecule has 0 aliphatic heterocycles. The molecule has 1 aromatic heterocycles. The summed E-state index contributed by atoms with van der Waals surface area (Å²) in [5.74, 6) is 0. The van der Waals surface area contributed by atoms with Crippen molar-refractivity contribution in [2.75, 3.05) is 0 Å². The Hall–Kier alpha value is 0.490. The first-order chi connectivity index (χ1) is 5.70. The highest BCUT2D eigenvalue weighted by Gasteiger charge is 2.08. The molecular formula is C8H3Cl2IS. The molecule has 2 rings (SSSR count). The van der Waals surface area contributed by atoms with E-state index in [9.17, 15) is 0 Å². The third kappa shape index (κ3) is 1.35. The van der Waals surface area contributed by atoms with Gasteiger partial charge in [-0.2, -0.15) is 0 Å². The zero-order valence-electron chi connectivity index (χ0n) is 5.77. The molecule has 0 fully saturated rings.